The van der Waals surface area contributed by atoms with E-state index in [1.807, 2.05) is 32.9 Å². The van der Waals surface area contributed by atoms with Crippen molar-refractivity contribution in [3.8, 4) is 5.88 Å². The van der Waals surface area contributed by atoms with Crippen LogP contribution in [0.2, 0.25) is 0 Å². The van der Waals surface area contributed by atoms with Gasteiger partial charge in [0.05, 0.1) is 5.41 Å². The van der Waals surface area contributed by atoms with Crippen molar-refractivity contribution in [3.63, 3.8) is 0 Å². The van der Waals surface area contributed by atoms with Gasteiger partial charge in [-0.05, 0) is 59.8 Å². The van der Waals surface area contributed by atoms with Crippen LogP contribution in [-0.4, -0.2) is 48.6 Å². The van der Waals surface area contributed by atoms with Crippen LogP contribution < -0.4 is 10.1 Å². The van der Waals surface area contributed by atoms with Crippen LogP contribution in [0, 0.1) is 12.3 Å². The molecular formula is C17H27N3O2. The number of ether oxygens (including phenoxy) is 1. The minimum absolute atomic E-state index is 0.0515. The van der Waals surface area contributed by atoms with Crippen LogP contribution in [-0.2, 0) is 4.79 Å². The van der Waals surface area contributed by atoms with Gasteiger partial charge in [-0.2, -0.15) is 0 Å². The van der Waals surface area contributed by atoms with Crippen LogP contribution in [0.15, 0.2) is 18.3 Å². The Labute approximate surface area is 133 Å². The molecule has 0 aliphatic carbocycles. The fraction of sp³-hybridized carbons (Fsp3) is 0.647. The summed E-state index contributed by atoms with van der Waals surface area (Å²) in [6.45, 7) is 8.17. The number of amides is 1. The normalized spacial score (nSPS) is 17.3. The second-order valence-corrected chi connectivity index (χ2v) is 6.85. The van der Waals surface area contributed by atoms with Crippen LogP contribution in [0.25, 0.3) is 0 Å². The van der Waals surface area contributed by atoms with Crippen LogP contribution in [0.1, 0.15) is 32.3 Å². The van der Waals surface area contributed by atoms with Crippen molar-refractivity contribution < 1.29 is 9.53 Å². The lowest BCUT2D eigenvalue weighted by atomic mass is 9.92. The summed E-state index contributed by atoms with van der Waals surface area (Å²) < 4.78 is 5.75. The van der Waals surface area contributed by atoms with E-state index in [9.17, 15) is 4.79 Å². The van der Waals surface area contributed by atoms with E-state index in [0.717, 1.165) is 31.5 Å². The van der Waals surface area contributed by atoms with E-state index < -0.39 is 5.41 Å². The number of nitrogens with zero attached hydrogens (tertiary/aromatic N) is 2. The Bertz CT molecular complexity index is 508. The Morgan fingerprint density at radius 1 is 1.45 bits per heavy atom. The lowest BCUT2D eigenvalue weighted by Crippen LogP contribution is -2.49. The SMILES string of the molecule is Cc1cccnc1OCC(C)(C)C(=O)NC1CCN(C)CC1. The van der Waals surface area contributed by atoms with E-state index in [-0.39, 0.29) is 11.9 Å². The number of aryl methyl sites for hydroxylation is 1. The highest BCUT2D eigenvalue weighted by molar-refractivity contribution is 5.82. The molecule has 2 rings (SSSR count). The van der Waals surface area contributed by atoms with Gasteiger partial charge in [-0.25, -0.2) is 4.98 Å². The Morgan fingerprint density at radius 2 is 2.14 bits per heavy atom. The Morgan fingerprint density at radius 3 is 2.77 bits per heavy atom. The number of carbonyl (C=O) groups excluding carboxylic acids is 1. The first-order valence-corrected chi connectivity index (χ1v) is 7.92. The van der Waals surface area contributed by atoms with Gasteiger partial charge >= 0.3 is 0 Å². The molecule has 0 bridgehead atoms. The quantitative estimate of drug-likeness (QED) is 0.904. The molecule has 22 heavy (non-hydrogen) atoms. The third-order valence-electron chi connectivity index (χ3n) is 4.20. The van der Waals surface area contributed by atoms with Crippen molar-refractivity contribution in [1.29, 1.82) is 0 Å². The molecule has 1 N–H and O–H groups in total. The highest BCUT2D eigenvalue weighted by Gasteiger charge is 2.31. The standard InChI is InChI=1S/C17H27N3O2/c1-13-6-5-9-18-15(13)22-12-17(2,3)16(21)19-14-7-10-20(4)11-8-14/h5-6,9,14H,7-8,10-12H2,1-4H3,(H,19,21). The van der Waals surface area contributed by atoms with Crippen molar-refractivity contribution >= 4 is 5.91 Å². The molecular weight excluding hydrogens is 278 g/mol. The number of carbonyl (C=O) groups is 1. The van der Waals surface area contributed by atoms with Gasteiger partial charge in [0.1, 0.15) is 6.61 Å². The summed E-state index contributed by atoms with van der Waals surface area (Å²) >= 11 is 0. The van der Waals surface area contributed by atoms with E-state index in [4.69, 9.17) is 4.74 Å². The summed E-state index contributed by atoms with van der Waals surface area (Å²) in [7, 11) is 2.12. The maximum Gasteiger partial charge on any atom is 0.229 e. The second-order valence-electron chi connectivity index (χ2n) is 6.85. The predicted molar refractivity (Wildman–Crippen MR) is 86.9 cm³/mol. The number of likely N-dealkylation sites (tertiary alicyclic amines) is 1. The minimum Gasteiger partial charge on any atom is -0.476 e. The van der Waals surface area contributed by atoms with Crippen molar-refractivity contribution in [2.75, 3.05) is 26.7 Å². The van der Waals surface area contributed by atoms with Gasteiger partial charge in [0.25, 0.3) is 0 Å². The smallest absolute Gasteiger partial charge is 0.229 e. The van der Waals surface area contributed by atoms with Gasteiger partial charge in [-0.15, -0.1) is 0 Å². The van der Waals surface area contributed by atoms with Crippen LogP contribution in [0.4, 0.5) is 0 Å². The monoisotopic (exact) mass is 305 g/mol. The number of hydrogen-bond donors (Lipinski definition) is 1. The molecule has 0 atom stereocenters. The number of nitrogens with one attached hydrogen (secondary N) is 1. The summed E-state index contributed by atoms with van der Waals surface area (Å²) in [5, 5.41) is 3.16. The lowest BCUT2D eigenvalue weighted by Gasteiger charge is -2.32. The van der Waals surface area contributed by atoms with Crippen LogP contribution in [0.3, 0.4) is 0 Å². The first-order chi connectivity index (χ1) is 10.4. The van der Waals surface area contributed by atoms with Crippen LogP contribution in [0.5, 0.6) is 5.88 Å². The van der Waals surface area contributed by atoms with Gasteiger partial charge in [0, 0.05) is 17.8 Å². The van der Waals surface area contributed by atoms with Gasteiger partial charge < -0.3 is 15.0 Å². The van der Waals surface area contributed by atoms with Gasteiger partial charge in [0.15, 0.2) is 0 Å². The van der Waals surface area contributed by atoms with E-state index in [2.05, 4.69) is 22.2 Å². The molecule has 0 radical (unpaired) electrons. The highest BCUT2D eigenvalue weighted by atomic mass is 16.5. The molecule has 122 valence electrons. The molecule has 1 aliphatic rings. The predicted octanol–water partition coefficient (Wildman–Crippen LogP) is 2.01. The van der Waals surface area contributed by atoms with E-state index in [1.54, 1.807) is 6.20 Å². The molecule has 1 amide bonds. The highest BCUT2D eigenvalue weighted by Crippen LogP contribution is 2.21. The number of rotatable bonds is 5. The summed E-state index contributed by atoms with van der Waals surface area (Å²) in [6.07, 6.45) is 3.73. The molecule has 5 heteroatoms. The Kier molecular flexibility index (Phi) is 5.40. The molecule has 2 heterocycles. The first kappa shape index (κ1) is 16.7. The average molecular weight is 305 g/mol. The number of hydrogen-bond acceptors (Lipinski definition) is 4. The third-order valence-corrected chi connectivity index (χ3v) is 4.20. The largest absolute Gasteiger partial charge is 0.476 e. The van der Waals surface area contributed by atoms with Crippen molar-refractivity contribution in [1.82, 2.24) is 15.2 Å². The van der Waals surface area contributed by atoms with Crippen molar-refractivity contribution in [3.05, 3.63) is 23.9 Å². The van der Waals surface area contributed by atoms with E-state index in [1.165, 1.54) is 0 Å². The summed E-state index contributed by atoms with van der Waals surface area (Å²) in [5.74, 6) is 0.651. The van der Waals surface area contributed by atoms with Gasteiger partial charge in [0.2, 0.25) is 11.8 Å². The first-order valence-electron chi connectivity index (χ1n) is 7.92. The molecule has 1 aromatic heterocycles. The summed E-state index contributed by atoms with van der Waals surface area (Å²) in [6, 6.07) is 4.10. The van der Waals surface area contributed by atoms with Crippen molar-refractivity contribution in [2.45, 2.75) is 39.7 Å². The van der Waals surface area contributed by atoms with Crippen LogP contribution >= 0.6 is 0 Å². The van der Waals surface area contributed by atoms with Gasteiger partial charge in [-0.3, -0.25) is 4.79 Å². The lowest BCUT2D eigenvalue weighted by molar-refractivity contribution is -0.131. The maximum absolute atomic E-state index is 12.5. The fourth-order valence-corrected chi connectivity index (χ4v) is 2.47. The molecule has 0 spiro atoms. The zero-order chi connectivity index (χ0) is 16.2. The third kappa shape index (κ3) is 4.44. The number of piperidine rings is 1. The zero-order valence-electron chi connectivity index (χ0n) is 14.1. The van der Waals surface area contributed by atoms with Gasteiger partial charge in [-0.1, -0.05) is 6.07 Å². The molecule has 0 aromatic carbocycles. The molecule has 0 unspecified atom stereocenters. The van der Waals surface area contributed by atoms with E-state index >= 15 is 0 Å². The molecule has 1 aromatic rings. The maximum atomic E-state index is 12.5. The number of pyridine rings is 1. The zero-order valence-corrected chi connectivity index (χ0v) is 14.1. The summed E-state index contributed by atoms with van der Waals surface area (Å²) in [4.78, 5) is 19.0. The molecule has 5 nitrogen and oxygen atoms in total. The molecule has 1 aliphatic heterocycles. The Balaban J connectivity index is 1.86. The second kappa shape index (κ2) is 7.09. The Hall–Kier alpha value is -1.62. The number of aromatic nitrogens is 1. The summed E-state index contributed by atoms with van der Waals surface area (Å²) in [5.41, 5.74) is 0.404. The topological polar surface area (TPSA) is 54.5 Å². The minimum atomic E-state index is -0.576. The average Bonchev–Trinajstić information content (AvgIpc) is 2.49. The van der Waals surface area contributed by atoms with Crippen molar-refractivity contribution in [2.24, 2.45) is 5.41 Å². The van der Waals surface area contributed by atoms with E-state index in [0.29, 0.717) is 12.5 Å². The molecule has 0 saturated carbocycles. The fourth-order valence-electron chi connectivity index (χ4n) is 2.47. The molecule has 1 saturated heterocycles. The molecule has 1 fully saturated rings.